The maximum absolute atomic E-state index is 13.0. The minimum Gasteiger partial charge on any atom is -0.339 e. The second-order valence-electron chi connectivity index (χ2n) is 6.48. The molecule has 1 unspecified atom stereocenters. The molecule has 0 aromatic heterocycles. The van der Waals surface area contributed by atoms with Crippen molar-refractivity contribution in [1.82, 2.24) is 4.90 Å². The van der Waals surface area contributed by atoms with Crippen molar-refractivity contribution in [1.29, 1.82) is 0 Å². The molecule has 2 nitrogen and oxygen atoms in total. The van der Waals surface area contributed by atoms with Gasteiger partial charge < -0.3 is 4.90 Å². The Hall–Kier alpha value is -0.0500. The number of alkyl halides is 1. The molecule has 1 amide bonds. The molecule has 0 bridgehead atoms. The molecule has 1 rings (SSSR count). The number of hydrogen-bond acceptors (Lipinski definition) is 1. The van der Waals surface area contributed by atoms with Gasteiger partial charge in [-0.3, -0.25) is 4.79 Å². The van der Waals surface area contributed by atoms with Crippen molar-refractivity contribution in [3.8, 4) is 0 Å². The summed E-state index contributed by atoms with van der Waals surface area (Å²) < 4.78 is 0. The van der Waals surface area contributed by atoms with Crippen LogP contribution in [-0.4, -0.2) is 28.7 Å². The van der Waals surface area contributed by atoms with Gasteiger partial charge >= 0.3 is 0 Å². The standard InChI is InChI=1S/C16H30BrNO/c1-5-13(6-2)18(12-11-17)15(19)14-9-7-8-10-16(14,3)4/h13-14H,5-12H2,1-4H3. The molecule has 112 valence electrons. The monoisotopic (exact) mass is 331 g/mol. The summed E-state index contributed by atoms with van der Waals surface area (Å²) in [5.41, 5.74) is 0.173. The predicted octanol–water partition coefficient (Wildman–Crippen LogP) is 4.61. The van der Waals surface area contributed by atoms with Crippen LogP contribution in [-0.2, 0) is 4.79 Å². The molecule has 0 N–H and O–H groups in total. The van der Waals surface area contributed by atoms with Gasteiger partial charge in [0.1, 0.15) is 0 Å². The van der Waals surface area contributed by atoms with E-state index in [0.717, 1.165) is 31.1 Å². The van der Waals surface area contributed by atoms with Gasteiger partial charge in [-0.1, -0.05) is 56.5 Å². The number of hydrogen-bond donors (Lipinski definition) is 0. The van der Waals surface area contributed by atoms with Gasteiger partial charge in [0.2, 0.25) is 5.91 Å². The van der Waals surface area contributed by atoms with Crippen LogP contribution in [0.25, 0.3) is 0 Å². The molecule has 0 aromatic rings. The molecular formula is C16H30BrNO. The summed E-state index contributed by atoms with van der Waals surface area (Å²) in [6.07, 6.45) is 6.87. The van der Waals surface area contributed by atoms with E-state index >= 15 is 0 Å². The fraction of sp³-hybridized carbons (Fsp3) is 0.938. The van der Waals surface area contributed by atoms with Crippen LogP contribution in [0.4, 0.5) is 0 Å². The van der Waals surface area contributed by atoms with Crippen LogP contribution in [0.1, 0.15) is 66.2 Å². The molecule has 3 heteroatoms. The number of nitrogens with zero attached hydrogens (tertiary/aromatic N) is 1. The van der Waals surface area contributed by atoms with Crippen LogP contribution in [0.5, 0.6) is 0 Å². The van der Waals surface area contributed by atoms with E-state index < -0.39 is 0 Å². The van der Waals surface area contributed by atoms with Crippen LogP contribution in [0.3, 0.4) is 0 Å². The lowest BCUT2D eigenvalue weighted by atomic mass is 9.68. The Kier molecular flexibility index (Phi) is 6.85. The summed E-state index contributed by atoms with van der Waals surface area (Å²) in [6.45, 7) is 9.77. The third-order valence-corrected chi connectivity index (χ3v) is 5.15. The minimum absolute atomic E-state index is 0.173. The van der Waals surface area contributed by atoms with Crippen LogP contribution < -0.4 is 0 Å². The lowest BCUT2D eigenvalue weighted by molar-refractivity contribution is -0.143. The fourth-order valence-corrected chi connectivity index (χ4v) is 3.83. The molecule has 0 radical (unpaired) electrons. The second-order valence-corrected chi connectivity index (χ2v) is 7.27. The predicted molar refractivity (Wildman–Crippen MR) is 85.6 cm³/mol. The van der Waals surface area contributed by atoms with Gasteiger partial charge in [-0.05, 0) is 31.1 Å². The zero-order valence-electron chi connectivity index (χ0n) is 13.0. The molecule has 1 saturated carbocycles. The van der Waals surface area contributed by atoms with E-state index in [1.54, 1.807) is 0 Å². The molecule has 0 aliphatic heterocycles. The number of carbonyl (C=O) groups excluding carboxylic acids is 1. The van der Waals surface area contributed by atoms with E-state index in [1.807, 2.05) is 0 Å². The van der Waals surface area contributed by atoms with E-state index in [4.69, 9.17) is 0 Å². The van der Waals surface area contributed by atoms with E-state index in [-0.39, 0.29) is 11.3 Å². The fourth-order valence-electron chi connectivity index (χ4n) is 3.45. The highest BCUT2D eigenvalue weighted by Crippen LogP contribution is 2.41. The van der Waals surface area contributed by atoms with Crippen molar-refractivity contribution < 1.29 is 4.79 Å². The van der Waals surface area contributed by atoms with Gasteiger partial charge in [0.05, 0.1) is 0 Å². The second kappa shape index (κ2) is 7.66. The molecule has 19 heavy (non-hydrogen) atoms. The van der Waals surface area contributed by atoms with Crippen molar-refractivity contribution >= 4 is 21.8 Å². The number of halogens is 1. The molecular weight excluding hydrogens is 302 g/mol. The van der Waals surface area contributed by atoms with Crippen LogP contribution in [0.2, 0.25) is 0 Å². The lowest BCUT2D eigenvalue weighted by Gasteiger charge is -2.42. The van der Waals surface area contributed by atoms with Gasteiger partial charge in [0, 0.05) is 23.8 Å². The number of amides is 1. The Labute approximate surface area is 127 Å². The minimum atomic E-state index is 0.173. The normalized spacial score (nSPS) is 22.5. The summed E-state index contributed by atoms with van der Waals surface area (Å²) in [6, 6.07) is 0.405. The Morgan fingerprint density at radius 3 is 2.42 bits per heavy atom. The average Bonchev–Trinajstić information content (AvgIpc) is 2.38. The first-order valence-corrected chi connectivity index (χ1v) is 8.96. The van der Waals surface area contributed by atoms with Crippen LogP contribution in [0.15, 0.2) is 0 Å². The molecule has 0 saturated heterocycles. The van der Waals surface area contributed by atoms with E-state index in [1.165, 1.54) is 19.3 Å². The topological polar surface area (TPSA) is 20.3 Å². The Morgan fingerprint density at radius 2 is 1.95 bits per heavy atom. The van der Waals surface area contributed by atoms with Gasteiger partial charge in [-0.25, -0.2) is 0 Å². The quantitative estimate of drug-likeness (QED) is 0.650. The van der Waals surface area contributed by atoms with E-state index in [9.17, 15) is 4.79 Å². The summed E-state index contributed by atoms with van der Waals surface area (Å²) in [7, 11) is 0. The molecule has 1 aliphatic rings. The molecule has 0 spiro atoms. The maximum Gasteiger partial charge on any atom is 0.226 e. The molecule has 1 aliphatic carbocycles. The smallest absolute Gasteiger partial charge is 0.226 e. The van der Waals surface area contributed by atoms with Gasteiger partial charge in [-0.2, -0.15) is 0 Å². The van der Waals surface area contributed by atoms with Crippen molar-refractivity contribution in [2.24, 2.45) is 11.3 Å². The summed E-state index contributed by atoms with van der Waals surface area (Å²) >= 11 is 3.50. The highest BCUT2D eigenvalue weighted by atomic mass is 79.9. The van der Waals surface area contributed by atoms with Crippen molar-refractivity contribution in [3.63, 3.8) is 0 Å². The first-order chi connectivity index (χ1) is 8.97. The molecule has 1 atom stereocenters. The molecule has 0 aromatic carbocycles. The van der Waals surface area contributed by atoms with Crippen molar-refractivity contribution in [2.75, 3.05) is 11.9 Å². The zero-order chi connectivity index (χ0) is 14.5. The Morgan fingerprint density at radius 1 is 1.32 bits per heavy atom. The first-order valence-electron chi connectivity index (χ1n) is 7.84. The Balaban J connectivity index is 2.85. The zero-order valence-corrected chi connectivity index (χ0v) is 14.6. The van der Waals surface area contributed by atoms with Gasteiger partial charge in [0.25, 0.3) is 0 Å². The highest BCUT2D eigenvalue weighted by Gasteiger charge is 2.40. The SMILES string of the molecule is CCC(CC)N(CCBr)C(=O)C1CCCCC1(C)C. The number of carbonyl (C=O) groups is 1. The highest BCUT2D eigenvalue weighted by molar-refractivity contribution is 9.09. The van der Waals surface area contributed by atoms with Crippen molar-refractivity contribution in [3.05, 3.63) is 0 Å². The molecule has 0 heterocycles. The maximum atomic E-state index is 13.0. The molecule has 1 fully saturated rings. The summed E-state index contributed by atoms with van der Waals surface area (Å²) in [4.78, 5) is 15.1. The van der Waals surface area contributed by atoms with Gasteiger partial charge in [-0.15, -0.1) is 0 Å². The van der Waals surface area contributed by atoms with Crippen LogP contribution in [0, 0.1) is 11.3 Å². The lowest BCUT2D eigenvalue weighted by Crippen LogP contribution is -2.48. The van der Waals surface area contributed by atoms with Crippen molar-refractivity contribution in [2.45, 2.75) is 72.3 Å². The number of rotatable bonds is 6. The van der Waals surface area contributed by atoms with E-state index in [2.05, 4.69) is 48.5 Å². The van der Waals surface area contributed by atoms with E-state index in [0.29, 0.717) is 11.9 Å². The first kappa shape index (κ1) is 17.0. The van der Waals surface area contributed by atoms with Gasteiger partial charge in [0.15, 0.2) is 0 Å². The van der Waals surface area contributed by atoms with Crippen LogP contribution >= 0.6 is 15.9 Å². The summed E-state index contributed by atoms with van der Waals surface area (Å²) in [5.74, 6) is 0.624. The Bertz CT molecular complexity index is 286. The summed E-state index contributed by atoms with van der Waals surface area (Å²) in [5, 5.41) is 0.877. The average molecular weight is 332 g/mol. The third kappa shape index (κ3) is 4.21. The third-order valence-electron chi connectivity index (χ3n) is 4.80. The largest absolute Gasteiger partial charge is 0.339 e.